The van der Waals surface area contributed by atoms with Crippen LogP contribution >= 0.6 is 11.6 Å². The molecule has 0 saturated heterocycles. The number of amides is 2. The second-order valence-electron chi connectivity index (χ2n) is 2.74. The summed E-state index contributed by atoms with van der Waals surface area (Å²) in [4.78, 5) is 10.6. The third-order valence-electron chi connectivity index (χ3n) is 1.59. The minimum atomic E-state index is -0.885. The molecule has 0 fully saturated rings. The summed E-state index contributed by atoms with van der Waals surface area (Å²) >= 11 is 5.70. The Hall–Kier alpha value is -1.93. The molecule has 0 spiro atoms. The molecule has 3 N–H and O–H groups in total. The van der Waals surface area contributed by atoms with Crippen LogP contribution < -0.4 is 15.8 Å². The van der Waals surface area contributed by atoms with E-state index in [0.717, 1.165) is 6.07 Å². The van der Waals surface area contributed by atoms with Crippen LogP contribution in [-0.2, 0) is 0 Å². The summed E-state index contributed by atoms with van der Waals surface area (Å²) in [6.07, 6.45) is 4.99. The highest BCUT2D eigenvalue weighted by Crippen LogP contribution is 2.30. The summed E-state index contributed by atoms with van der Waals surface area (Å²) < 4.78 is 18.3. The Morgan fingerprint density at radius 2 is 2.38 bits per heavy atom. The van der Waals surface area contributed by atoms with Crippen molar-refractivity contribution in [3.8, 4) is 18.1 Å². The molecule has 0 heterocycles. The number of primary amides is 1. The van der Waals surface area contributed by atoms with E-state index in [1.807, 2.05) is 0 Å². The van der Waals surface area contributed by atoms with Gasteiger partial charge in [0.15, 0.2) is 0 Å². The monoisotopic (exact) mass is 242 g/mol. The third kappa shape index (κ3) is 3.04. The van der Waals surface area contributed by atoms with Crippen LogP contribution in [0.2, 0.25) is 5.02 Å². The fraction of sp³-hybridized carbons (Fsp3) is 0.100. The molecule has 0 aliphatic heterocycles. The average Bonchev–Trinajstić information content (AvgIpc) is 2.20. The highest BCUT2D eigenvalue weighted by atomic mass is 35.5. The van der Waals surface area contributed by atoms with Gasteiger partial charge in [0.1, 0.15) is 18.2 Å². The van der Waals surface area contributed by atoms with E-state index in [1.165, 1.54) is 6.07 Å². The third-order valence-corrected chi connectivity index (χ3v) is 1.89. The second-order valence-corrected chi connectivity index (χ2v) is 3.15. The van der Waals surface area contributed by atoms with Crippen molar-refractivity contribution in [2.24, 2.45) is 5.73 Å². The number of carbonyl (C=O) groups is 1. The summed E-state index contributed by atoms with van der Waals surface area (Å²) in [7, 11) is 0. The summed E-state index contributed by atoms with van der Waals surface area (Å²) in [6.45, 7) is -0.0125. The SMILES string of the molecule is C#CCOc1cc(NC(N)=O)c(F)cc1Cl. The second kappa shape index (κ2) is 5.24. The van der Waals surface area contributed by atoms with Crippen molar-refractivity contribution in [3.63, 3.8) is 0 Å². The van der Waals surface area contributed by atoms with E-state index >= 15 is 0 Å². The lowest BCUT2D eigenvalue weighted by Gasteiger charge is -2.09. The lowest BCUT2D eigenvalue weighted by Crippen LogP contribution is -2.20. The summed E-state index contributed by atoms with van der Waals surface area (Å²) in [5.41, 5.74) is 4.74. The van der Waals surface area contributed by atoms with Gasteiger partial charge in [-0.05, 0) is 6.07 Å². The molecule has 1 aromatic rings. The molecule has 0 atom stereocenters. The van der Waals surface area contributed by atoms with Gasteiger partial charge in [0, 0.05) is 6.07 Å². The van der Waals surface area contributed by atoms with Crippen molar-refractivity contribution in [2.45, 2.75) is 0 Å². The van der Waals surface area contributed by atoms with E-state index in [4.69, 9.17) is 28.5 Å². The number of urea groups is 1. The van der Waals surface area contributed by atoms with Crippen LogP contribution in [-0.4, -0.2) is 12.6 Å². The van der Waals surface area contributed by atoms with E-state index in [9.17, 15) is 9.18 Å². The normalized spacial score (nSPS) is 9.31. The minimum absolute atomic E-state index is 0.0125. The van der Waals surface area contributed by atoms with Crippen LogP contribution in [0, 0.1) is 18.2 Å². The first-order chi connectivity index (χ1) is 7.54. The minimum Gasteiger partial charge on any atom is -0.479 e. The number of hydrogen-bond donors (Lipinski definition) is 2. The molecule has 0 aromatic heterocycles. The molecule has 0 bridgehead atoms. The maximum atomic E-state index is 13.3. The smallest absolute Gasteiger partial charge is 0.316 e. The quantitative estimate of drug-likeness (QED) is 0.796. The Morgan fingerprint density at radius 3 is 2.94 bits per heavy atom. The zero-order chi connectivity index (χ0) is 12.1. The van der Waals surface area contributed by atoms with Crippen LogP contribution in [0.5, 0.6) is 5.75 Å². The maximum Gasteiger partial charge on any atom is 0.316 e. The van der Waals surface area contributed by atoms with Crippen molar-refractivity contribution in [1.82, 2.24) is 0 Å². The predicted molar refractivity (Wildman–Crippen MR) is 58.9 cm³/mol. The molecule has 0 aliphatic rings. The Balaban J connectivity index is 3.02. The average molecular weight is 243 g/mol. The zero-order valence-electron chi connectivity index (χ0n) is 8.09. The Kier molecular flexibility index (Phi) is 3.97. The first kappa shape index (κ1) is 12.1. The van der Waals surface area contributed by atoms with Gasteiger partial charge in [-0.1, -0.05) is 17.5 Å². The lowest BCUT2D eigenvalue weighted by atomic mass is 10.3. The Bertz CT molecular complexity index is 457. The zero-order valence-corrected chi connectivity index (χ0v) is 8.84. The predicted octanol–water partition coefficient (Wildman–Crippen LogP) is 1.98. The van der Waals surface area contributed by atoms with E-state index in [2.05, 4.69) is 11.2 Å². The highest BCUT2D eigenvalue weighted by Gasteiger charge is 2.10. The van der Waals surface area contributed by atoms with Gasteiger partial charge in [-0.3, -0.25) is 0 Å². The number of carbonyl (C=O) groups excluding carboxylic acids is 1. The number of nitrogens with one attached hydrogen (secondary N) is 1. The molecule has 2 amide bonds. The Labute approximate surface area is 96.5 Å². The van der Waals surface area contributed by atoms with Gasteiger partial charge in [-0.2, -0.15) is 0 Å². The molecule has 1 aromatic carbocycles. The molecule has 16 heavy (non-hydrogen) atoms. The van der Waals surface area contributed by atoms with Gasteiger partial charge in [-0.25, -0.2) is 9.18 Å². The van der Waals surface area contributed by atoms with Crippen LogP contribution in [0.15, 0.2) is 12.1 Å². The highest BCUT2D eigenvalue weighted by molar-refractivity contribution is 6.32. The fourth-order valence-corrected chi connectivity index (χ4v) is 1.19. The lowest BCUT2D eigenvalue weighted by molar-refractivity contribution is 0.259. The van der Waals surface area contributed by atoms with Crippen molar-refractivity contribution < 1.29 is 13.9 Å². The van der Waals surface area contributed by atoms with Gasteiger partial charge in [0.2, 0.25) is 0 Å². The van der Waals surface area contributed by atoms with Gasteiger partial charge >= 0.3 is 6.03 Å². The van der Waals surface area contributed by atoms with Gasteiger partial charge in [0.25, 0.3) is 0 Å². The van der Waals surface area contributed by atoms with E-state index < -0.39 is 11.8 Å². The van der Waals surface area contributed by atoms with E-state index in [0.29, 0.717) is 0 Å². The van der Waals surface area contributed by atoms with Gasteiger partial charge in [-0.15, -0.1) is 6.42 Å². The van der Waals surface area contributed by atoms with Crippen molar-refractivity contribution >= 4 is 23.3 Å². The molecule has 84 valence electrons. The topological polar surface area (TPSA) is 64.3 Å². The maximum absolute atomic E-state index is 13.3. The number of terminal acetylenes is 1. The first-order valence-electron chi connectivity index (χ1n) is 4.16. The van der Waals surface area contributed by atoms with Crippen LogP contribution in [0.3, 0.4) is 0 Å². The van der Waals surface area contributed by atoms with Crippen molar-refractivity contribution in [1.29, 1.82) is 0 Å². The molecule has 0 unspecified atom stereocenters. The number of anilines is 1. The number of halogens is 2. The molecule has 1 rings (SSSR count). The molecular weight excluding hydrogens is 235 g/mol. The standard InChI is InChI=1S/C10H8ClFN2O2/c1-2-3-16-9-5-8(14-10(13)15)7(12)4-6(9)11/h1,4-5H,3H2,(H3,13,14,15). The van der Waals surface area contributed by atoms with Crippen molar-refractivity contribution in [2.75, 3.05) is 11.9 Å². The Morgan fingerprint density at radius 1 is 1.69 bits per heavy atom. The largest absolute Gasteiger partial charge is 0.479 e. The van der Waals surface area contributed by atoms with E-state index in [-0.39, 0.29) is 23.1 Å². The van der Waals surface area contributed by atoms with Gasteiger partial charge < -0.3 is 15.8 Å². The van der Waals surface area contributed by atoms with Crippen molar-refractivity contribution in [3.05, 3.63) is 23.0 Å². The van der Waals surface area contributed by atoms with E-state index in [1.54, 1.807) is 0 Å². The van der Waals surface area contributed by atoms with Gasteiger partial charge in [0.05, 0.1) is 10.7 Å². The molecule has 0 saturated carbocycles. The number of ether oxygens (including phenoxy) is 1. The number of hydrogen-bond acceptors (Lipinski definition) is 2. The fourth-order valence-electron chi connectivity index (χ4n) is 0.988. The summed E-state index contributed by atoms with van der Waals surface area (Å²) in [5.74, 6) is 1.69. The molecule has 4 nitrogen and oxygen atoms in total. The molecule has 0 radical (unpaired) electrons. The molecule has 0 aliphatic carbocycles. The van der Waals surface area contributed by atoms with Crippen LogP contribution in [0.4, 0.5) is 14.9 Å². The molecule has 6 heteroatoms. The molecular formula is C10H8ClFN2O2. The van der Waals surface area contributed by atoms with Crippen LogP contribution in [0.1, 0.15) is 0 Å². The van der Waals surface area contributed by atoms with Crippen LogP contribution in [0.25, 0.3) is 0 Å². The summed E-state index contributed by atoms with van der Waals surface area (Å²) in [5, 5.41) is 2.15. The number of rotatable bonds is 3. The number of nitrogens with two attached hydrogens (primary N) is 1. The summed E-state index contributed by atoms with van der Waals surface area (Å²) in [6, 6.07) is 1.32. The first-order valence-corrected chi connectivity index (χ1v) is 4.54. The number of benzene rings is 1.